The number of nitrogens with zero attached hydrogens (tertiary/aromatic N) is 1. The fourth-order valence-corrected chi connectivity index (χ4v) is 3.25. The van der Waals surface area contributed by atoms with E-state index in [9.17, 15) is 27.9 Å². The summed E-state index contributed by atoms with van der Waals surface area (Å²) in [7, 11) is 0. The van der Waals surface area contributed by atoms with Crippen LogP contribution in [-0.4, -0.2) is 17.1 Å². The molecule has 0 N–H and O–H groups in total. The van der Waals surface area contributed by atoms with Crippen molar-refractivity contribution in [1.29, 1.82) is 0 Å². The number of carboxylic acids is 1. The lowest BCUT2D eigenvalue weighted by Crippen LogP contribution is -2.29. The summed E-state index contributed by atoms with van der Waals surface area (Å²) in [5, 5.41) is 10.6. The molecule has 10 heteroatoms. The second-order valence-corrected chi connectivity index (χ2v) is 7.17. The molecule has 0 aliphatic heterocycles. The summed E-state index contributed by atoms with van der Waals surface area (Å²) in [4.78, 5) is 23.4. The number of benzene rings is 2. The molecule has 3 rings (SSSR count). The molecule has 0 saturated heterocycles. The van der Waals surface area contributed by atoms with Gasteiger partial charge < -0.3 is 19.4 Å². The van der Waals surface area contributed by atoms with E-state index >= 15 is 0 Å². The topological polar surface area (TPSA) is 80.6 Å². The lowest BCUT2D eigenvalue weighted by Gasteiger charge is -2.17. The molecule has 0 fully saturated rings. The quantitative estimate of drug-likeness (QED) is 0.502. The zero-order chi connectivity index (χ0) is 22.7. The molecule has 6 nitrogen and oxygen atoms in total. The number of pyridine rings is 1. The minimum Gasteiger partial charge on any atom is -0.546 e. The third-order valence-corrected chi connectivity index (χ3v) is 4.95. The van der Waals surface area contributed by atoms with E-state index in [4.69, 9.17) is 9.47 Å². The minimum absolute atomic E-state index is 0.0608. The molecule has 1 aromatic heterocycles. The van der Waals surface area contributed by atoms with Crippen LogP contribution in [0.1, 0.15) is 11.3 Å². The van der Waals surface area contributed by atoms with Crippen LogP contribution in [0.25, 0.3) is 5.69 Å². The van der Waals surface area contributed by atoms with Gasteiger partial charge in [-0.2, -0.15) is 0 Å². The highest BCUT2D eigenvalue weighted by molar-refractivity contribution is 9.10. The molecule has 0 aliphatic rings. The van der Waals surface area contributed by atoms with E-state index in [0.29, 0.717) is 5.56 Å². The Labute approximate surface area is 182 Å². The van der Waals surface area contributed by atoms with Gasteiger partial charge in [-0.25, -0.2) is 13.2 Å². The number of carboxylic acid groups (broad SMARTS) is 1. The lowest BCUT2D eigenvalue weighted by molar-refractivity contribution is -0.307. The van der Waals surface area contributed by atoms with Crippen molar-refractivity contribution < 1.29 is 32.5 Å². The van der Waals surface area contributed by atoms with Gasteiger partial charge in [0.1, 0.15) is 52.3 Å². The molecule has 0 amide bonds. The number of aliphatic carboxylic acids is 1. The molecule has 0 radical (unpaired) electrons. The van der Waals surface area contributed by atoms with Crippen LogP contribution in [0, 0.1) is 24.4 Å². The van der Waals surface area contributed by atoms with Crippen molar-refractivity contribution in [2.24, 2.45) is 0 Å². The van der Waals surface area contributed by atoms with E-state index in [0.717, 1.165) is 28.8 Å². The minimum atomic E-state index is -1.49. The van der Waals surface area contributed by atoms with Crippen LogP contribution in [0.2, 0.25) is 0 Å². The van der Waals surface area contributed by atoms with Gasteiger partial charge in [-0.05, 0) is 47.1 Å². The van der Waals surface area contributed by atoms with Gasteiger partial charge in [0.25, 0.3) is 5.56 Å². The van der Waals surface area contributed by atoms with E-state index in [1.807, 2.05) is 0 Å². The molecule has 3 aromatic rings. The molecule has 0 aliphatic carbocycles. The molecule has 0 saturated carbocycles. The standard InChI is InChI=1S/C21H15BrF3NO5/c1-11-7-17(19(22)21(29)26(11)20-14(24)3-2-4-15(20)25)30-9-12-5-6-13(23)8-16(12)31-10-18(27)28/h2-8H,9-10H2,1H3,(H,27,28)/p-1. The van der Waals surface area contributed by atoms with E-state index in [2.05, 4.69) is 15.9 Å². The van der Waals surface area contributed by atoms with Crippen molar-refractivity contribution in [2.75, 3.05) is 6.61 Å². The van der Waals surface area contributed by atoms with Crippen molar-refractivity contribution in [2.45, 2.75) is 13.5 Å². The Balaban J connectivity index is 1.93. The molecule has 31 heavy (non-hydrogen) atoms. The van der Waals surface area contributed by atoms with Gasteiger partial charge in [-0.15, -0.1) is 0 Å². The van der Waals surface area contributed by atoms with Crippen LogP contribution in [0.5, 0.6) is 11.5 Å². The maximum absolute atomic E-state index is 14.2. The lowest BCUT2D eigenvalue weighted by atomic mass is 10.2. The predicted octanol–water partition coefficient (Wildman–Crippen LogP) is 3.03. The Morgan fingerprint density at radius 2 is 1.74 bits per heavy atom. The molecular formula is C21H14BrF3NO5-. The summed E-state index contributed by atoms with van der Waals surface area (Å²) >= 11 is 3.08. The highest BCUT2D eigenvalue weighted by Gasteiger charge is 2.19. The first-order valence-corrected chi connectivity index (χ1v) is 9.58. The second-order valence-electron chi connectivity index (χ2n) is 6.38. The number of hydrogen-bond acceptors (Lipinski definition) is 5. The van der Waals surface area contributed by atoms with Crippen molar-refractivity contribution in [3.05, 3.63) is 86.0 Å². The second kappa shape index (κ2) is 9.25. The van der Waals surface area contributed by atoms with Gasteiger partial charge in [0.2, 0.25) is 0 Å². The normalized spacial score (nSPS) is 10.7. The number of aryl methyl sites for hydroxylation is 1. The Morgan fingerprint density at radius 1 is 1.06 bits per heavy atom. The first-order chi connectivity index (χ1) is 14.7. The van der Waals surface area contributed by atoms with Gasteiger partial charge in [0.15, 0.2) is 0 Å². The summed E-state index contributed by atoms with van der Waals surface area (Å²) in [5.41, 5.74) is -0.781. The molecule has 0 atom stereocenters. The smallest absolute Gasteiger partial charge is 0.273 e. The van der Waals surface area contributed by atoms with Crippen LogP contribution in [0.15, 0.2) is 51.7 Å². The van der Waals surface area contributed by atoms with Gasteiger partial charge in [0, 0.05) is 23.4 Å². The number of aromatic nitrogens is 1. The first-order valence-electron chi connectivity index (χ1n) is 8.79. The molecular weight excluding hydrogens is 483 g/mol. The number of ether oxygens (including phenoxy) is 2. The molecule has 2 aromatic carbocycles. The van der Waals surface area contributed by atoms with Gasteiger partial charge in [-0.3, -0.25) is 9.36 Å². The van der Waals surface area contributed by atoms with Crippen LogP contribution >= 0.6 is 15.9 Å². The number of carbonyl (C=O) groups is 1. The maximum Gasteiger partial charge on any atom is 0.273 e. The SMILES string of the molecule is Cc1cc(OCc2ccc(F)cc2OCC(=O)[O-])c(Br)c(=O)n1-c1c(F)cccc1F. The fourth-order valence-electron chi connectivity index (χ4n) is 2.84. The molecule has 1 heterocycles. The summed E-state index contributed by atoms with van der Waals surface area (Å²) in [6.07, 6.45) is 0. The monoisotopic (exact) mass is 496 g/mol. The number of halogens is 4. The van der Waals surface area contributed by atoms with Gasteiger partial charge in [-0.1, -0.05) is 6.07 Å². The number of carbonyl (C=O) groups excluding carboxylic acids is 1. The zero-order valence-electron chi connectivity index (χ0n) is 16.0. The zero-order valence-corrected chi connectivity index (χ0v) is 17.5. The van der Waals surface area contributed by atoms with Crippen molar-refractivity contribution in [3.8, 4) is 17.2 Å². The van der Waals surface area contributed by atoms with Crippen LogP contribution in [0.4, 0.5) is 13.2 Å². The van der Waals surface area contributed by atoms with E-state index in [-0.39, 0.29) is 28.3 Å². The summed E-state index contributed by atoms with van der Waals surface area (Å²) < 4.78 is 53.2. The Morgan fingerprint density at radius 3 is 2.39 bits per heavy atom. The van der Waals surface area contributed by atoms with E-state index in [1.54, 1.807) is 0 Å². The third kappa shape index (κ3) is 4.91. The van der Waals surface area contributed by atoms with Crippen LogP contribution in [-0.2, 0) is 11.4 Å². The average molecular weight is 497 g/mol. The summed E-state index contributed by atoms with van der Waals surface area (Å²) in [6.45, 7) is 0.473. The van der Waals surface area contributed by atoms with Crippen molar-refractivity contribution in [1.82, 2.24) is 4.57 Å². The van der Waals surface area contributed by atoms with E-state index in [1.165, 1.54) is 25.1 Å². The van der Waals surface area contributed by atoms with Gasteiger partial charge in [0.05, 0.1) is 5.97 Å². The predicted molar refractivity (Wildman–Crippen MR) is 106 cm³/mol. The highest BCUT2D eigenvalue weighted by Crippen LogP contribution is 2.28. The Bertz CT molecular complexity index is 1190. The largest absolute Gasteiger partial charge is 0.546 e. The number of para-hydroxylation sites is 1. The summed E-state index contributed by atoms with van der Waals surface area (Å²) in [5.74, 6) is -3.97. The molecule has 0 unspecified atom stereocenters. The fraction of sp³-hybridized carbons (Fsp3) is 0.143. The molecule has 162 valence electrons. The van der Waals surface area contributed by atoms with Crippen LogP contribution < -0.4 is 20.1 Å². The highest BCUT2D eigenvalue weighted by atomic mass is 79.9. The molecule has 0 bridgehead atoms. The average Bonchev–Trinajstić information content (AvgIpc) is 2.71. The van der Waals surface area contributed by atoms with Gasteiger partial charge >= 0.3 is 0 Å². The van der Waals surface area contributed by atoms with Crippen molar-refractivity contribution in [3.63, 3.8) is 0 Å². The first kappa shape index (κ1) is 22.4. The summed E-state index contributed by atoms with van der Waals surface area (Å²) in [6, 6.07) is 8.09. The Hall–Kier alpha value is -3.27. The Kier molecular flexibility index (Phi) is 6.69. The van der Waals surface area contributed by atoms with Crippen molar-refractivity contribution >= 4 is 21.9 Å². The number of hydrogen-bond donors (Lipinski definition) is 0. The number of rotatable bonds is 7. The third-order valence-electron chi connectivity index (χ3n) is 4.22. The van der Waals surface area contributed by atoms with Crippen LogP contribution in [0.3, 0.4) is 0 Å². The molecule has 0 spiro atoms. The maximum atomic E-state index is 14.2. The van der Waals surface area contributed by atoms with E-state index < -0.39 is 41.3 Å².